The second kappa shape index (κ2) is 5.51. The lowest BCUT2D eigenvalue weighted by molar-refractivity contribution is -0.0394. The molecule has 2 fully saturated rings. The van der Waals surface area contributed by atoms with Gasteiger partial charge in [-0.3, -0.25) is 0 Å². The van der Waals surface area contributed by atoms with Crippen LogP contribution in [0.25, 0.3) is 0 Å². The lowest BCUT2D eigenvalue weighted by atomic mass is 9.52. The summed E-state index contributed by atoms with van der Waals surface area (Å²) in [6.45, 7) is 4.64. The largest absolute Gasteiger partial charge is 0.508 e. The molecule has 0 saturated heterocycles. The lowest BCUT2D eigenvalue weighted by Crippen LogP contribution is -2.47. The van der Waals surface area contributed by atoms with E-state index < -0.39 is 0 Å². The van der Waals surface area contributed by atoms with Crippen LogP contribution in [0.5, 0.6) is 5.75 Å². The quantitative estimate of drug-likeness (QED) is 0.835. The Bertz CT molecular complexity index is 596. The number of benzene rings is 1. The van der Waals surface area contributed by atoms with Crippen LogP contribution in [-0.2, 0) is 6.42 Å². The Kier molecular flexibility index (Phi) is 3.72. The zero-order chi connectivity index (χ0) is 16.2. The van der Waals surface area contributed by atoms with Crippen LogP contribution in [0.1, 0.15) is 69.4 Å². The summed E-state index contributed by atoms with van der Waals surface area (Å²) in [6, 6.07) is 6.05. The van der Waals surface area contributed by atoms with Crippen molar-refractivity contribution in [2.24, 2.45) is 23.2 Å². The highest BCUT2D eigenvalue weighted by molar-refractivity contribution is 5.40. The molecular weight excluding hydrogens is 284 g/mol. The highest BCUT2D eigenvalue weighted by atomic mass is 16.3. The molecule has 1 aromatic carbocycles. The van der Waals surface area contributed by atoms with E-state index in [-0.39, 0.29) is 11.5 Å². The first-order valence-corrected chi connectivity index (χ1v) is 9.54. The van der Waals surface area contributed by atoms with Crippen molar-refractivity contribution in [2.45, 2.75) is 70.8 Å². The predicted molar refractivity (Wildman–Crippen MR) is 92.5 cm³/mol. The van der Waals surface area contributed by atoms with Crippen molar-refractivity contribution in [3.63, 3.8) is 0 Å². The standard InChI is InChI=1S/C21H30O2/c1-3-4-13-11-14-12-15(22)5-6-16(14)17-9-10-21(2)18(20(13)17)7-8-19(21)23/h5-6,12-13,17-20,22-23H,3-4,7-11H2,1-2H3/t13-,17-,18+,19+,20?,21+/m1/s1. The molecular formula is C21H30O2. The third kappa shape index (κ3) is 2.25. The van der Waals surface area contributed by atoms with Gasteiger partial charge in [0, 0.05) is 0 Å². The first-order valence-electron chi connectivity index (χ1n) is 9.54. The molecule has 1 aromatic rings. The van der Waals surface area contributed by atoms with Gasteiger partial charge in [0.25, 0.3) is 0 Å². The summed E-state index contributed by atoms with van der Waals surface area (Å²) in [4.78, 5) is 0. The maximum Gasteiger partial charge on any atom is 0.115 e. The number of fused-ring (bicyclic) bond motifs is 5. The topological polar surface area (TPSA) is 40.5 Å². The van der Waals surface area contributed by atoms with Gasteiger partial charge in [0.05, 0.1) is 6.10 Å². The van der Waals surface area contributed by atoms with Crippen LogP contribution in [0.2, 0.25) is 0 Å². The molecule has 0 aromatic heterocycles. The van der Waals surface area contributed by atoms with Gasteiger partial charge in [0.2, 0.25) is 0 Å². The number of aliphatic hydroxyl groups is 1. The van der Waals surface area contributed by atoms with Gasteiger partial charge in [-0.25, -0.2) is 0 Å². The van der Waals surface area contributed by atoms with E-state index in [0.717, 1.165) is 25.2 Å². The molecule has 3 aliphatic rings. The van der Waals surface area contributed by atoms with Gasteiger partial charge in [-0.2, -0.15) is 0 Å². The predicted octanol–water partition coefficient (Wildman–Crippen LogP) is 4.64. The van der Waals surface area contributed by atoms with Gasteiger partial charge in [-0.15, -0.1) is 0 Å². The van der Waals surface area contributed by atoms with Gasteiger partial charge >= 0.3 is 0 Å². The molecule has 0 amide bonds. The van der Waals surface area contributed by atoms with E-state index in [9.17, 15) is 10.2 Å². The van der Waals surface area contributed by atoms with Crippen molar-refractivity contribution in [3.05, 3.63) is 29.3 Å². The van der Waals surface area contributed by atoms with E-state index in [1.165, 1.54) is 36.8 Å². The molecule has 0 aliphatic heterocycles. The summed E-state index contributed by atoms with van der Waals surface area (Å²) in [5, 5.41) is 20.5. The molecule has 126 valence electrons. The normalized spacial score (nSPS) is 42.0. The van der Waals surface area contributed by atoms with Gasteiger partial charge in [0.15, 0.2) is 0 Å². The summed E-state index contributed by atoms with van der Waals surface area (Å²) >= 11 is 0. The van der Waals surface area contributed by atoms with Crippen molar-refractivity contribution >= 4 is 0 Å². The Balaban J connectivity index is 1.76. The van der Waals surface area contributed by atoms with Crippen molar-refractivity contribution in [1.82, 2.24) is 0 Å². The number of phenols is 1. The zero-order valence-corrected chi connectivity index (χ0v) is 14.5. The molecule has 3 aliphatic carbocycles. The summed E-state index contributed by atoms with van der Waals surface area (Å²) in [6.07, 6.45) is 8.07. The van der Waals surface area contributed by atoms with Crippen molar-refractivity contribution in [3.8, 4) is 5.75 Å². The van der Waals surface area contributed by atoms with E-state index in [4.69, 9.17) is 0 Å². The molecule has 0 heterocycles. The Morgan fingerprint density at radius 2 is 2.04 bits per heavy atom. The van der Waals surface area contributed by atoms with Crippen LogP contribution in [0, 0.1) is 23.2 Å². The first-order chi connectivity index (χ1) is 11.0. The van der Waals surface area contributed by atoms with E-state index in [0.29, 0.717) is 23.5 Å². The number of phenolic OH excluding ortho intramolecular Hbond substituents is 1. The molecule has 0 radical (unpaired) electrons. The molecule has 6 atom stereocenters. The van der Waals surface area contributed by atoms with Crippen LogP contribution in [0.3, 0.4) is 0 Å². The molecule has 4 rings (SSSR count). The van der Waals surface area contributed by atoms with Crippen LogP contribution in [-0.4, -0.2) is 16.3 Å². The average molecular weight is 314 g/mol. The number of rotatable bonds is 2. The Morgan fingerprint density at radius 3 is 2.83 bits per heavy atom. The van der Waals surface area contributed by atoms with Gasteiger partial charge in [-0.1, -0.05) is 32.8 Å². The minimum atomic E-state index is -0.100. The molecule has 2 saturated carbocycles. The fourth-order valence-electron chi connectivity index (χ4n) is 6.40. The van der Waals surface area contributed by atoms with Crippen molar-refractivity contribution in [1.29, 1.82) is 0 Å². The van der Waals surface area contributed by atoms with Crippen LogP contribution >= 0.6 is 0 Å². The fourth-order valence-corrected chi connectivity index (χ4v) is 6.40. The average Bonchev–Trinajstić information content (AvgIpc) is 2.83. The van der Waals surface area contributed by atoms with Gasteiger partial charge < -0.3 is 10.2 Å². The number of aliphatic hydroxyl groups excluding tert-OH is 1. The van der Waals surface area contributed by atoms with Crippen LogP contribution in [0.15, 0.2) is 18.2 Å². The Morgan fingerprint density at radius 1 is 1.22 bits per heavy atom. The minimum absolute atomic E-state index is 0.100. The number of aromatic hydroxyl groups is 1. The summed E-state index contributed by atoms with van der Waals surface area (Å²) in [7, 11) is 0. The van der Waals surface area contributed by atoms with Crippen LogP contribution < -0.4 is 0 Å². The van der Waals surface area contributed by atoms with E-state index in [1.807, 2.05) is 12.1 Å². The Hall–Kier alpha value is -1.02. The molecule has 0 bridgehead atoms. The van der Waals surface area contributed by atoms with Crippen molar-refractivity contribution in [2.75, 3.05) is 0 Å². The highest BCUT2D eigenvalue weighted by Gasteiger charge is 2.56. The second-order valence-corrected chi connectivity index (χ2v) is 8.56. The van der Waals surface area contributed by atoms with E-state index in [1.54, 1.807) is 0 Å². The maximum atomic E-state index is 10.6. The molecule has 2 nitrogen and oxygen atoms in total. The molecule has 0 spiro atoms. The lowest BCUT2D eigenvalue weighted by Gasteiger charge is -2.53. The third-order valence-corrected chi connectivity index (χ3v) is 7.49. The SMILES string of the molecule is CCC[C@@H]1Cc2cc(O)ccc2[C@H]2CC[C@]3(C)[C@@H](O)CC[C@H]3C12. The van der Waals surface area contributed by atoms with Crippen LogP contribution in [0.4, 0.5) is 0 Å². The Labute approximate surface area is 139 Å². The second-order valence-electron chi connectivity index (χ2n) is 8.56. The monoisotopic (exact) mass is 314 g/mol. The zero-order valence-electron chi connectivity index (χ0n) is 14.5. The third-order valence-electron chi connectivity index (χ3n) is 7.49. The summed E-state index contributed by atoms with van der Waals surface area (Å²) in [5.41, 5.74) is 3.01. The summed E-state index contributed by atoms with van der Waals surface area (Å²) < 4.78 is 0. The maximum absolute atomic E-state index is 10.6. The highest BCUT2D eigenvalue weighted by Crippen LogP contribution is 2.62. The van der Waals surface area contributed by atoms with Crippen molar-refractivity contribution < 1.29 is 10.2 Å². The molecule has 23 heavy (non-hydrogen) atoms. The van der Waals surface area contributed by atoms with Gasteiger partial charge in [0.1, 0.15) is 5.75 Å². The van der Waals surface area contributed by atoms with E-state index >= 15 is 0 Å². The molecule has 2 heteroatoms. The minimum Gasteiger partial charge on any atom is -0.508 e. The smallest absolute Gasteiger partial charge is 0.115 e. The summed E-state index contributed by atoms with van der Waals surface area (Å²) in [5.74, 6) is 3.17. The van der Waals surface area contributed by atoms with E-state index in [2.05, 4.69) is 19.9 Å². The number of hydrogen-bond acceptors (Lipinski definition) is 2. The van der Waals surface area contributed by atoms with Gasteiger partial charge in [-0.05, 0) is 84.5 Å². The molecule has 1 unspecified atom stereocenters. The fraction of sp³-hybridized carbons (Fsp3) is 0.714. The molecule has 2 N–H and O–H groups in total. The number of hydrogen-bond donors (Lipinski definition) is 2. The first kappa shape index (κ1) is 15.5.